The zero-order valence-electron chi connectivity index (χ0n) is 16.0. The van der Waals surface area contributed by atoms with E-state index in [0.29, 0.717) is 5.56 Å². The standard InChI is InChI=1S/C19H32O3SSi/c1-9-19(23(20,21)22,24(14(2)3)15(4)5)17-13-11-10-12-16(17)18(6,7)8/h9-15,24H,1H2,2-8H3,(H,20,21,22). The smallest absolute Gasteiger partial charge is 0.275 e. The van der Waals surface area contributed by atoms with Crippen molar-refractivity contribution in [1.29, 1.82) is 0 Å². The van der Waals surface area contributed by atoms with Crippen molar-refractivity contribution < 1.29 is 13.0 Å². The van der Waals surface area contributed by atoms with Crippen LogP contribution in [0.1, 0.15) is 59.6 Å². The molecule has 0 radical (unpaired) electrons. The zero-order valence-corrected chi connectivity index (χ0v) is 18.0. The van der Waals surface area contributed by atoms with E-state index in [2.05, 4.69) is 55.0 Å². The molecule has 0 aliphatic carbocycles. The van der Waals surface area contributed by atoms with Crippen LogP contribution < -0.4 is 0 Å². The molecule has 3 nitrogen and oxygen atoms in total. The minimum absolute atomic E-state index is 0.193. The first-order valence-electron chi connectivity index (χ1n) is 8.51. The van der Waals surface area contributed by atoms with Crippen LogP contribution in [0.2, 0.25) is 11.1 Å². The summed E-state index contributed by atoms with van der Waals surface area (Å²) in [6, 6.07) is 7.58. The molecule has 0 aliphatic heterocycles. The van der Waals surface area contributed by atoms with E-state index in [1.807, 2.05) is 24.3 Å². The van der Waals surface area contributed by atoms with Gasteiger partial charge in [0.2, 0.25) is 0 Å². The van der Waals surface area contributed by atoms with Crippen LogP contribution in [0.15, 0.2) is 36.9 Å². The third-order valence-electron chi connectivity index (χ3n) is 4.82. The van der Waals surface area contributed by atoms with Gasteiger partial charge in [-0.1, -0.05) is 89.9 Å². The van der Waals surface area contributed by atoms with Crippen molar-refractivity contribution in [2.75, 3.05) is 0 Å². The predicted octanol–water partition coefficient (Wildman–Crippen LogP) is 4.84. The molecule has 1 atom stereocenters. The van der Waals surface area contributed by atoms with E-state index in [9.17, 15) is 13.0 Å². The molecule has 136 valence electrons. The van der Waals surface area contributed by atoms with Crippen molar-refractivity contribution in [3.8, 4) is 0 Å². The third kappa shape index (κ3) is 3.68. The lowest BCUT2D eigenvalue weighted by Crippen LogP contribution is -2.52. The molecule has 0 saturated heterocycles. The van der Waals surface area contributed by atoms with Gasteiger partial charge in [0.15, 0.2) is 0 Å². The van der Waals surface area contributed by atoms with E-state index < -0.39 is 23.3 Å². The molecule has 1 aromatic rings. The van der Waals surface area contributed by atoms with Gasteiger partial charge in [0, 0.05) is 0 Å². The fourth-order valence-corrected chi connectivity index (χ4v) is 12.2. The molecule has 0 heterocycles. The first-order chi connectivity index (χ1) is 10.8. The molecule has 0 bridgehead atoms. The number of hydrogen-bond donors (Lipinski definition) is 1. The van der Waals surface area contributed by atoms with E-state index in [4.69, 9.17) is 0 Å². The summed E-state index contributed by atoms with van der Waals surface area (Å²) < 4.78 is 34.5. The second kappa shape index (κ2) is 7.14. The van der Waals surface area contributed by atoms with Crippen LogP contribution >= 0.6 is 0 Å². The molecule has 1 rings (SSSR count). The zero-order chi connectivity index (χ0) is 18.9. The summed E-state index contributed by atoms with van der Waals surface area (Å²) in [6.45, 7) is 18.3. The highest BCUT2D eigenvalue weighted by molar-refractivity contribution is 7.88. The van der Waals surface area contributed by atoms with E-state index >= 15 is 0 Å². The fourth-order valence-electron chi connectivity index (χ4n) is 4.08. The Balaban J connectivity index is 3.99. The summed E-state index contributed by atoms with van der Waals surface area (Å²) in [5.41, 5.74) is 1.79. The molecular weight excluding hydrogens is 336 g/mol. The minimum Gasteiger partial charge on any atom is -0.285 e. The molecule has 1 N–H and O–H groups in total. The van der Waals surface area contributed by atoms with Crippen molar-refractivity contribution in [2.24, 2.45) is 0 Å². The summed E-state index contributed by atoms with van der Waals surface area (Å²) in [5, 5.41) is 0. The summed E-state index contributed by atoms with van der Waals surface area (Å²) in [4.78, 5) is 0. The van der Waals surface area contributed by atoms with Gasteiger partial charge in [-0.05, 0) is 16.5 Å². The molecule has 0 fully saturated rings. The van der Waals surface area contributed by atoms with Gasteiger partial charge >= 0.3 is 0 Å². The van der Waals surface area contributed by atoms with Crippen molar-refractivity contribution in [3.05, 3.63) is 48.0 Å². The molecule has 0 aliphatic rings. The van der Waals surface area contributed by atoms with E-state index in [1.54, 1.807) is 0 Å². The summed E-state index contributed by atoms with van der Waals surface area (Å²) in [6.07, 6.45) is 1.49. The van der Waals surface area contributed by atoms with Gasteiger partial charge in [0.05, 0.1) is 8.80 Å². The Labute approximate surface area is 149 Å². The third-order valence-corrected chi connectivity index (χ3v) is 12.2. The Morgan fingerprint density at radius 1 is 1.04 bits per heavy atom. The maximum atomic E-state index is 12.7. The maximum Gasteiger partial charge on any atom is 0.275 e. The number of benzene rings is 1. The summed E-state index contributed by atoms with van der Waals surface area (Å²) in [7, 11) is -6.40. The lowest BCUT2D eigenvalue weighted by molar-refractivity contribution is 0.465. The lowest BCUT2D eigenvalue weighted by Gasteiger charge is -2.42. The summed E-state index contributed by atoms with van der Waals surface area (Å²) >= 11 is 0. The van der Waals surface area contributed by atoms with Crippen LogP contribution in [-0.4, -0.2) is 21.8 Å². The normalized spacial score (nSPS) is 15.8. The first-order valence-corrected chi connectivity index (χ1v) is 11.9. The lowest BCUT2D eigenvalue weighted by atomic mass is 9.82. The van der Waals surface area contributed by atoms with Gasteiger partial charge in [0.1, 0.15) is 4.37 Å². The Bertz CT molecular complexity index is 679. The molecule has 0 amide bonds. The fraction of sp³-hybridized carbons (Fsp3) is 0.579. The van der Waals surface area contributed by atoms with Crippen LogP contribution in [-0.2, 0) is 19.9 Å². The van der Waals surface area contributed by atoms with Crippen LogP contribution in [0, 0.1) is 0 Å². The van der Waals surface area contributed by atoms with Crippen molar-refractivity contribution in [3.63, 3.8) is 0 Å². The number of rotatable bonds is 6. The Morgan fingerprint density at radius 3 is 1.75 bits per heavy atom. The topological polar surface area (TPSA) is 54.4 Å². The molecule has 1 unspecified atom stereocenters. The minimum atomic E-state index is -4.36. The molecular formula is C19H32O3SSi. The molecule has 0 saturated carbocycles. The van der Waals surface area contributed by atoms with Crippen LogP contribution in [0.4, 0.5) is 0 Å². The molecule has 1 aromatic carbocycles. The average molecular weight is 369 g/mol. The van der Waals surface area contributed by atoms with Crippen molar-refractivity contribution >= 4 is 18.9 Å². The molecule has 0 aromatic heterocycles. The second-order valence-electron chi connectivity index (χ2n) is 8.28. The van der Waals surface area contributed by atoms with Gasteiger partial charge in [0.25, 0.3) is 10.1 Å². The van der Waals surface area contributed by atoms with Gasteiger partial charge in [-0.2, -0.15) is 8.42 Å². The number of hydrogen-bond acceptors (Lipinski definition) is 2. The second-order valence-corrected chi connectivity index (χ2v) is 15.0. The monoisotopic (exact) mass is 368 g/mol. The molecule has 5 heteroatoms. The predicted molar refractivity (Wildman–Crippen MR) is 106 cm³/mol. The van der Waals surface area contributed by atoms with Crippen molar-refractivity contribution in [1.82, 2.24) is 0 Å². The Kier molecular flexibility index (Phi) is 6.29. The highest BCUT2D eigenvalue weighted by Gasteiger charge is 2.53. The highest BCUT2D eigenvalue weighted by atomic mass is 32.2. The largest absolute Gasteiger partial charge is 0.285 e. The molecule has 24 heavy (non-hydrogen) atoms. The maximum absolute atomic E-state index is 12.7. The van der Waals surface area contributed by atoms with E-state index in [0.717, 1.165) is 5.56 Å². The molecule has 0 spiro atoms. The van der Waals surface area contributed by atoms with Gasteiger partial charge in [-0.3, -0.25) is 4.55 Å². The van der Waals surface area contributed by atoms with E-state index in [-0.39, 0.29) is 16.5 Å². The van der Waals surface area contributed by atoms with Crippen molar-refractivity contribution in [2.45, 2.75) is 69.3 Å². The average Bonchev–Trinajstić information content (AvgIpc) is 2.41. The highest BCUT2D eigenvalue weighted by Crippen LogP contribution is 2.46. The quantitative estimate of drug-likeness (QED) is 0.444. The Hall–Kier alpha value is -0.913. The SMILES string of the molecule is C=CC(c1ccccc1C(C)(C)C)([SiH](C(C)C)C(C)C)S(=O)(=O)O. The van der Waals surface area contributed by atoms with Crippen LogP contribution in [0.25, 0.3) is 0 Å². The first kappa shape index (κ1) is 21.1. The van der Waals surface area contributed by atoms with Gasteiger partial charge in [-0.25, -0.2) is 0 Å². The summed E-state index contributed by atoms with van der Waals surface area (Å²) in [5.74, 6) is 0. The van der Waals surface area contributed by atoms with Gasteiger partial charge in [-0.15, -0.1) is 6.58 Å². The van der Waals surface area contributed by atoms with E-state index in [1.165, 1.54) is 6.08 Å². The van der Waals surface area contributed by atoms with Crippen LogP contribution in [0.5, 0.6) is 0 Å². The van der Waals surface area contributed by atoms with Crippen LogP contribution in [0.3, 0.4) is 0 Å². The van der Waals surface area contributed by atoms with Gasteiger partial charge < -0.3 is 0 Å². The Morgan fingerprint density at radius 2 is 1.46 bits per heavy atom.